The van der Waals surface area contributed by atoms with Crippen LogP contribution >= 0.6 is 0 Å². The number of rotatable bonds is 6. The van der Waals surface area contributed by atoms with Crippen LogP contribution in [0, 0.1) is 0 Å². The van der Waals surface area contributed by atoms with E-state index in [9.17, 15) is 0 Å². The van der Waals surface area contributed by atoms with Gasteiger partial charge in [0.05, 0.1) is 0 Å². The van der Waals surface area contributed by atoms with E-state index in [1.54, 1.807) is 0 Å². The molecule has 0 unspecified atom stereocenters. The van der Waals surface area contributed by atoms with E-state index < -0.39 is 0 Å². The predicted molar refractivity (Wildman–Crippen MR) is 60.2 cm³/mol. The fraction of sp³-hybridized carbons (Fsp3) is 1.00. The quantitative estimate of drug-likeness (QED) is 0.619. The Morgan fingerprint density at radius 1 is 0.733 bits per heavy atom. The van der Waals surface area contributed by atoms with Gasteiger partial charge in [-0.05, 0) is 39.0 Å². The molecule has 15 heavy (non-hydrogen) atoms. The first-order valence-electron chi connectivity index (χ1n) is 5.71. The fourth-order valence-electron chi connectivity index (χ4n) is 1.87. The van der Waals surface area contributed by atoms with Crippen molar-refractivity contribution in [1.29, 1.82) is 0 Å². The average Bonchev–Trinajstić information content (AvgIpc) is 2.25. The van der Waals surface area contributed by atoms with Crippen molar-refractivity contribution in [2.75, 3.05) is 52.4 Å². The molecule has 0 radical (unpaired) electrons. The van der Waals surface area contributed by atoms with Crippen LogP contribution in [0.2, 0.25) is 0 Å². The summed E-state index contributed by atoms with van der Waals surface area (Å²) in [6.45, 7) is 8.76. The van der Waals surface area contributed by atoms with Gasteiger partial charge < -0.3 is 21.3 Å². The summed E-state index contributed by atoms with van der Waals surface area (Å²) in [5, 5.41) is 0. The minimum Gasteiger partial charge on any atom is -0.330 e. The van der Waals surface area contributed by atoms with Gasteiger partial charge in [-0.2, -0.15) is 0 Å². The van der Waals surface area contributed by atoms with Gasteiger partial charge in [0, 0.05) is 26.2 Å². The van der Waals surface area contributed by atoms with E-state index in [2.05, 4.69) is 9.80 Å². The van der Waals surface area contributed by atoms with Crippen LogP contribution in [0.1, 0.15) is 12.8 Å². The Hall–Kier alpha value is 0.334. The zero-order chi connectivity index (χ0) is 10.2. The predicted octanol–water partition coefficient (Wildman–Crippen LogP) is -0.701. The summed E-state index contributed by atoms with van der Waals surface area (Å²) in [7, 11) is 0. The second kappa shape index (κ2) is 9.55. The minimum absolute atomic E-state index is 0. The molecule has 1 heterocycles. The first-order chi connectivity index (χ1) is 6.86. The molecule has 1 rings (SSSR count). The summed E-state index contributed by atoms with van der Waals surface area (Å²) in [4.78, 5) is 5.01. The molecule has 0 spiro atoms. The second-order valence-electron chi connectivity index (χ2n) is 3.97. The molecular weight excluding hydrogens is 235 g/mol. The van der Waals surface area contributed by atoms with Gasteiger partial charge in [-0.25, -0.2) is 0 Å². The van der Waals surface area contributed by atoms with Gasteiger partial charge in [-0.1, -0.05) is 0 Å². The Balaban J connectivity index is 0.00000196. The largest absolute Gasteiger partial charge is 2.00 e. The zero-order valence-electron chi connectivity index (χ0n) is 9.44. The van der Waals surface area contributed by atoms with Crippen molar-refractivity contribution in [3.05, 3.63) is 0 Å². The fourth-order valence-corrected chi connectivity index (χ4v) is 1.87. The molecule has 0 atom stereocenters. The average molecular weight is 259 g/mol. The maximum atomic E-state index is 5.49. The summed E-state index contributed by atoms with van der Waals surface area (Å²) in [6.07, 6.45) is 2.26. The molecule has 0 aliphatic carbocycles. The molecule has 1 saturated heterocycles. The standard InChI is InChI=1S/C10H24N4.Ni/c11-3-1-5-13-7-9-14(10-8-13)6-2-4-12;/h1-12H2;/q;+2. The number of hydrogen-bond donors (Lipinski definition) is 2. The molecule has 0 aromatic carbocycles. The van der Waals surface area contributed by atoms with Crippen molar-refractivity contribution in [3.63, 3.8) is 0 Å². The summed E-state index contributed by atoms with van der Waals surface area (Å²) < 4.78 is 0. The van der Waals surface area contributed by atoms with Crippen LogP contribution in [0.25, 0.3) is 0 Å². The van der Waals surface area contributed by atoms with Crippen molar-refractivity contribution < 1.29 is 16.5 Å². The van der Waals surface area contributed by atoms with E-state index in [-0.39, 0.29) is 16.5 Å². The van der Waals surface area contributed by atoms with Crippen LogP contribution in [-0.4, -0.2) is 62.2 Å². The van der Waals surface area contributed by atoms with Gasteiger partial charge >= 0.3 is 16.5 Å². The number of nitrogens with two attached hydrogens (primary N) is 2. The SMILES string of the molecule is NCCCN1CCN(CCCN)CC1.[Ni+2]. The Morgan fingerprint density at radius 3 is 1.33 bits per heavy atom. The minimum atomic E-state index is 0. The summed E-state index contributed by atoms with van der Waals surface area (Å²) in [5.74, 6) is 0. The molecule has 0 aromatic rings. The molecule has 4 nitrogen and oxygen atoms in total. The van der Waals surface area contributed by atoms with Crippen molar-refractivity contribution >= 4 is 0 Å². The third-order valence-electron chi connectivity index (χ3n) is 2.82. The van der Waals surface area contributed by atoms with Crippen LogP contribution < -0.4 is 11.5 Å². The zero-order valence-corrected chi connectivity index (χ0v) is 10.4. The smallest absolute Gasteiger partial charge is 0.330 e. The molecule has 1 aliphatic heterocycles. The maximum Gasteiger partial charge on any atom is 2.00 e. The number of hydrogen-bond acceptors (Lipinski definition) is 4. The van der Waals surface area contributed by atoms with Crippen LogP contribution in [0.15, 0.2) is 0 Å². The van der Waals surface area contributed by atoms with Crippen LogP contribution in [0.4, 0.5) is 0 Å². The first kappa shape index (κ1) is 15.3. The molecule has 0 saturated carbocycles. The van der Waals surface area contributed by atoms with Gasteiger partial charge in [0.25, 0.3) is 0 Å². The van der Waals surface area contributed by atoms with Gasteiger partial charge in [0.2, 0.25) is 0 Å². The summed E-state index contributed by atoms with van der Waals surface area (Å²) >= 11 is 0. The third-order valence-corrected chi connectivity index (χ3v) is 2.82. The van der Waals surface area contributed by atoms with E-state index in [4.69, 9.17) is 11.5 Å². The Kier molecular flexibility index (Phi) is 9.76. The van der Waals surface area contributed by atoms with E-state index >= 15 is 0 Å². The van der Waals surface area contributed by atoms with E-state index in [0.717, 1.165) is 25.9 Å². The molecule has 5 heteroatoms. The van der Waals surface area contributed by atoms with Gasteiger partial charge in [-0.15, -0.1) is 0 Å². The Morgan fingerprint density at radius 2 is 1.07 bits per heavy atom. The van der Waals surface area contributed by atoms with Crippen LogP contribution in [-0.2, 0) is 16.5 Å². The van der Waals surface area contributed by atoms with Crippen molar-refractivity contribution in [1.82, 2.24) is 9.80 Å². The van der Waals surface area contributed by atoms with E-state index in [1.165, 1.54) is 39.3 Å². The van der Waals surface area contributed by atoms with E-state index in [0.29, 0.717) is 0 Å². The van der Waals surface area contributed by atoms with Crippen molar-refractivity contribution in [2.24, 2.45) is 11.5 Å². The van der Waals surface area contributed by atoms with Crippen molar-refractivity contribution in [2.45, 2.75) is 12.8 Å². The van der Waals surface area contributed by atoms with E-state index in [1.807, 2.05) is 0 Å². The molecule has 1 fully saturated rings. The molecule has 4 N–H and O–H groups in total. The summed E-state index contributed by atoms with van der Waals surface area (Å²) in [5.41, 5.74) is 11.0. The van der Waals surface area contributed by atoms with Crippen molar-refractivity contribution in [3.8, 4) is 0 Å². The van der Waals surface area contributed by atoms with Gasteiger partial charge in [0.1, 0.15) is 0 Å². The molecule has 0 amide bonds. The first-order valence-corrected chi connectivity index (χ1v) is 5.71. The molecule has 0 bridgehead atoms. The third kappa shape index (κ3) is 6.49. The maximum absolute atomic E-state index is 5.49. The van der Waals surface area contributed by atoms with Crippen LogP contribution in [0.3, 0.4) is 0 Å². The van der Waals surface area contributed by atoms with Crippen LogP contribution in [0.5, 0.6) is 0 Å². The topological polar surface area (TPSA) is 58.5 Å². The number of piperazine rings is 1. The van der Waals surface area contributed by atoms with Gasteiger partial charge in [-0.3, -0.25) is 0 Å². The second-order valence-corrected chi connectivity index (χ2v) is 3.97. The molecular formula is C10H24N4Ni+2. The molecule has 0 aromatic heterocycles. The monoisotopic (exact) mass is 258 g/mol. The molecule has 1 aliphatic rings. The van der Waals surface area contributed by atoms with Gasteiger partial charge in [0.15, 0.2) is 0 Å². The Bertz CT molecular complexity index is 121. The number of nitrogens with zero attached hydrogens (tertiary/aromatic N) is 2. The Labute approximate surface area is 103 Å². The molecule has 92 valence electrons. The summed E-state index contributed by atoms with van der Waals surface area (Å²) in [6, 6.07) is 0. The normalized spacial score (nSPS) is 18.8.